The van der Waals surface area contributed by atoms with E-state index in [9.17, 15) is 30.6 Å². The van der Waals surface area contributed by atoms with Gasteiger partial charge in [0.15, 0.2) is 6.29 Å². The van der Waals surface area contributed by atoms with E-state index in [1.807, 2.05) is 0 Å². The molecule has 0 spiro atoms. The van der Waals surface area contributed by atoms with Gasteiger partial charge in [0.1, 0.15) is 18.3 Å². The Balaban J connectivity index is 4.59. The summed E-state index contributed by atoms with van der Waals surface area (Å²) < 4.78 is 5.08. The van der Waals surface area contributed by atoms with E-state index < -0.39 is 62.0 Å². The second-order valence-corrected chi connectivity index (χ2v) is 6.22. The van der Waals surface area contributed by atoms with Crippen LogP contribution < -0.4 is 0 Å². The molecule has 10 nitrogen and oxygen atoms in total. The Kier molecular flexibility index (Phi) is 12.7. The molecule has 0 aromatic rings. The van der Waals surface area contributed by atoms with Crippen molar-refractivity contribution < 1.29 is 50.7 Å². The first-order valence-electron chi connectivity index (χ1n) is 8.24. The van der Waals surface area contributed by atoms with E-state index in [0.717, 1.165) is 0 Å². The van der Waals surface area contributed by atoms with Crippen LogP contribution in [0.25, 0.3) is 0 Å². The minimum Gasteiger partial charge on any atom is -0.396 e. The number of aliphatic hydroxyl groups excluding tert-OH is 9. The van der Waals surface area contributed by atoms with E-state index in [2.05, 4.69) is 0 Å². The van der Waals surface area contributed by atoms with E-state index in [-0.39, 0.29) is 25.9 Å². The summed E-state index contributed by atoms with van der Waals surface area (Å²) in [5.74, 6) is -0.557. The summed E-state index contributed by atoms with van der Waals surface area (Å²) in [5.41, 5.74) is 0. The maximum Gasteiger partial charge on any atom is 0.157 e. The van der Waals surface area contributed by atoms with Crippen LogP contribution in [0, 0.1) is 5.92 Å². The number of rotatable bonds is 14. The minimum absolute atomic E-state index is 0.0363. The van der Waals surface area contributed by atoms with Crippen LogP contribution in [0.15, 0.2) is 0 Å². The van der Waals surface area contributed by atoms with Gasteiger partial charge >= 0.3 is 0 Å². The molecule has 0 aromatic carbocycles. The second kappa shape index (κ2) is 12.9. The summed E-state index contributed by atoms with van der Waals surface area (Å²) in [6, 6.07) is 0. The van der Waals surface area contributed by atoms with Gasteiger partial charge in [0.05, 0.1) is 31.5 Å². The van der Waals surface area contributed by atoms with Crippen LogP contribution in [0.1, 0.15) is 26.2 Å². The average molecular weight is 372 g/mol. The molecule has 0 radical (unpaired) electrons. The molecule has 0 heterocycles. The van der Waals surface area contributed by atoms with Crippen molar-refractivity contribution in [2.45, 2.75) is 69.1 Å². The molecule has 0 amide bonds. The van der Waals surface area contributed by atoms with Crippen LogP contribution in [-0.4, -0.2) is 109 Å². The van der Waals surface area contributed by atoms with E-state index >= 15 is 0 Å². The Morgan fingerprint density at radius 2 is 1.24 bits per heavy atom. The molecule has 152 valence electrons. The van der Waals surface area contributed by atoms with Crippen molar-refractivity contribution in [3.05, 3.63) is 0 Å². The van der Waals surface area contributed by atoms with Gasteiger partial charge in [-0.05, 0) is 18.8 Å². The predicted octanol–water partition coefficient (Wildman–Crippen LogP) is -3.72. The van der Waals surface area contributed by atoms with Gasteiger partial charge in [0.25, 0.3) is 0 Å². The lowest BCUT2D eigenvalue weighted by molar-refractivity contribution is -0.211. The fourth-order valence-electron chi connectivity index (χ4n) is 2.33. The molecule has 25 heavy (non-hydrogen) atoms. The van der Waals surface area contributed by atoms with Crippen LogP contribution in [0.4, 0.5) is 0 Å². The van der Waals surface area contributed by atoms with Crippen LogP contribution >= 0.6 is 0 Å². The Morgan fingerprint density at radius 1 is 0.680 bits per heavy atom. The summed E-state index contributed by atoms with van der Waals surface area (Å²) in [4.78, 5) is 0. The zero-order valence-electron chi connectivity index (χ0n) is 14.3. The Morgan fingerprint density at radius 3 is 1.72 bits per heavy atom. The molecule has 8 atom stereocenters. The van der Waals surface area contributed by atoms with Crippen LogP contribution in [0.3, 0.4) is 0 Å². The highest BCUT2D eigenvalue weighted by atomic mass is 16.6. The van der Waals surface area contributed by atoms with Crippen LogP contribution in [-0.2, 0) is 4.74 Å². The molecule has 0 saturated carbocycles. The van der Waals surface area contributed by atoms with E-state index in [1.165, 1.54) is 0 Å². The van der Waals surface area contributed by atoms with Gasteiger partial charge in [-0.15, -0.1) is 0 Å². The van der Waals surface area contributed by atoms with Gasteiger partial charge in [-0.3, -0.25) is 0 Å². The topological polar surface area (TPSA) is 191 Å². The van der Waals surface area contributed by atoms with Crippen molar-refractivity contribution in [1.29, 1.82) is 0 Å². The summed E-state index contributed by atoms with van der Waals surface area (Å²) >= 11 is 0. The Hall–Kier alpha value is -0.400. The number of aliphatic hydroxyl groups is 9. The monoisotopic (exact) mass is 372 g/mol. The van der Waals surface area contributed by atoms with Crippen molar-refractivity contribution in [3.8, 4) is 0 Å². The fourth-order valence-corrected chi connectivity index (χ4v) is 2.33. The molecule has 0 aliphatic carbocycles. The second-order valence-electron chi connectivity index (χ2n) is 6.22. The lowest BCUT2D eigenvalue weighted by Crippen LogP contribution is -2.45. The van der Waals surface area contributed by atoms with Crippen LogP contribution in [0.2, 0.25) is 0 Å². The highest BCUT2D eigenvalue weighted by Crippen LogP contribution is 2.19. The van der Waals surface area contributed by atoms with E-state index in [0.29, 0.717) is 0 Å². The van der Waals surface area contributed by atoms with E-state index in [4.69, 9.17) is 20.1 Å². The average Bonchev–Trinajstić information content (AvgIpc) is 2.57. The highest BCUT2D eigenvalue weighted by molar-refractivity contribution is 4.79. The van der Waals surface area contributed by atoms with Crippen molar-refractivity contribution in [1.82, 2.24) is 0 Å². The number of ether oxygens (including phenoxy) is 1. The third-order valence-electron chi connectivity index (χ3n) is 4.03. The maximum absolute atomic E-state index is 10.0. The molecule has 0 fully saturated rings. The zero-order chi connectivity index (χ0) is 19.6. The molecule has 0 bridgehead atoms. The van der Waals surface area contributed by atoms with Gasteiger partial charge < -0.3 is 50.7 Å². The fraction of sp³-hybridized carbons (Fsp3) is 1.00. The molecular formula is C15H32O10. The first-order chi connectivity index (χ1) is 11.7. The molecule has 0 saturated heterocycles. The summed E-state index contributed by atoms with van der Waals surface area (Å²) in [7, 11) is 0. The quantitative estimate of drug-likeness (QED) is 0.137. The normalized spacial score (nSPS) is 21.8. The van der Waals surface area contributed by atoms with Gasteiger partial charge in [-0.2, -0.15) is 0 Å². The molecule has 0 aliphatic rings. The first kappa shape index (κ1) is 24.6. The molecule has 9 N–H and O–H groups in total. The maximum atomic E-state index is 10.0. The minimum atomic E-state index is -1.59. The third-order valence-corrected chi connectivity index (χ3v) is 4.03. The van der Waals surface area contributed by atoms with Gasteiger partial charge in [0.2, 0.25) is 0 Å². The Labute approximate surface area is 146 Å². The standard InChI is InChI=1S/C15H32O10/c1-8(4-11(21)12(22)6-17)10(20)5-14(24)25-15(13(23)7-18)9(19)2-3-16/h8-24H,2-7H2,1H3/t8-,9-,10+,11?,12?,13+,14?,15-/m0/s1. The molecule has 0 aliphatic heterocycles. The van der Waals surface area contributed by atoms with Gasteiger partial charge in [-0.1, -0.05) is 6.92 Å². The lowest BCUT2D eigenvalue weighted by Gasteiger charge is -2.30. The van der Waals surface area contributed by atoms with Gasteiger partial charge in [0, 0.05) is 13.0 Å². The SMILES string of the molecule is C[C@@H](CC(O)C(O)CO)[C@H](O)CC(O)O[C@H]([C@H](O)CO)[C@@H](O)CCO. The highest BCUT2D eigenvalue weighted by Gasteiger charge is 2.31. The van der Waals surface area contributed by atoms with Crippen molar-refractivity contribution in [2.75, 3.05) is 19.8 Å². The third kappa shape index (κ3) is 9.20. The lowest BCUT2D eigenvalue weighted by atomic mass is 9.93. The predicted molar refractivity (Wildman–Crippen MR) is 85.2 cm³/mol. The molecular weight excluding hydrogens is 340 g/mol. The smallest absolute Gasteiger partial charge is 0.157 e. The van der Waals surface area contributed by atoms with Crippen molar-refractivity contribution in [2.24, 2.45) is 5.92 Å². The van der Waals surface area contributed by atoms with Crippen LogP contribution in [0.5, 0.6) is 0 Å². The summed E-state index contributed by atoms with van der Waals surface area (Å²) in [5, 5.41) is 84.8. The number of hydrogen-bond donors (Lipinski definition) is 9. The van der Waals surface area contributed by atoms with E-state index in [1.54, 1.807) is 6.92 Å². The van der Waals surface area contributed by atoms with Crippen molar-refractivity contribution >= 4 is 0 Å². The molecule has 0 aromatic heterocycles. The Bertz CT molecular complexity index is 331. The summed E-state index contributed by atoms with van der Waals surface area (Å²) in [6.45, 7) is -0.186. The zero-order valence-corrected chi connectivity index (χ0v) is 14.3. The largest absolute Gasteiger partial charge is 0.396 e. The molecule has 0 rings (SSSR count). The molecule has 10 heteroatoms. The first-order valence-corrected chi connectivity index (χ1v) is 8.24. The number of hydrogen-bond acceptors (Lipinski definition) is 10. The van der Waals surface area contributed by atoms with Gasteiger partial charge in [-0.25, -0.2) is 0 Å². The van der Waals surface area contributed by atoms with Crippen molar-refractivity contribution in [3.63, 3.8) is 0 Å². The molecule has 3 unspecified atom stereocenters. The summed E-state index contributed by atoms with van der Waals surface area (Å²) in [6.07, 6.45) is -10.00.